The zero-order valence-electron chi connectivity index (χ0n) is 14.1. The molecule has 1 aromatic rings. The van der Waals surface area contributed by atoms with Gasteiger partial charge in [0.1, 0.15) is 5.75 Å². The third kappa shape index (κ3) is 4.47. The van der Waals surface area contributed by atoms with Crippen molar-refractivity contribution < 1.29 is 19.1 Å². The first-order valence-corrected chi connectivity index (χ1v) is 8.20. The Labute approximate surface area is 137 Å². The van der Waals surface area contributed by atoms with Crippen molar-refractivity contribution in [1.29, 1.82) is 0 Å². The first kappa shape index (κ1) is 17.3. The van der Waals surface area contributed by atoms with Crippen LogP contribution in [-0.4, -0.2) is 42.6 Å². The van der Waals surface area contributed by atoms with Crippen LogP contribution in [0.15, 0.2) is 24.3 Å². The van der Waals surface area contributed by atoms with E-state index in [2.05, 4.69) is 0 Å². The molecule has 5 nitrogen and oxygen atoms in total. The Morgan fingerprint density at radius 2 is 1.91 bits per heavy atom. The van der Waals surface area contributed by atoms with Crippen molar-refractivity contribution in [2.75, 3.05) is 19.7 Å². The van der Waals surface area contributed by atoms with Crippen molar-refractivity contribution in [1.82, 2.24) is 4.90 Å². The van der Waals surface area contributed by atoms with Gasteiger partial charge >= 0.3 is 5.97 Å². The molecule has 1 amide bonds. The summed E-state index contributed by atoms with van der Waals surface area (Å²) in [5, 5.41) is 0. The van der Waals surface area contributed by atoms with Gasteiger partial charge in [0.25, 0.3) is 5.91 Å². The van der Waals surface area contributed by atoms with E-state index in [1.165, 1.54) is 0 Å². The second-order valence-corrected chi connectivity index (χ2v) is 5.88. The lowest BCUT2D eigenvalue weighted by Gasteiger charge is -2.32. The average molecular weight is 319 g/mol. The number of rotatable bonds is 5. The largest absolute Gasteiger partial charge is 0.481 e. The van der Waals surface area contributed by atoms with Gasteiger partial charge in [0.2, 0.25) is 0 Å². The number of benzene rings is 1. The maximum Gasteiger partial charge on any atom is 0.309 e. The zero-order valence-corrected chi connectivity index (χ0v) is 14.1. The molecule has 1 aliphatic heterocycles. The highest BCUT2D eigenvalue weighted by Crippen LogP contribution is 2.22. The summed E-state index contributed by atoms with van der Waals surface area (Å²) in [6.45, 7) is 7.08. The minimum Gasteiger partial charge on any atom is -0.481 e. The molecule has 2 rings (SSSR count). The van der Waals surface area contributed by atoms with E-state index in [9.17, 15) is 9.59 Å². The Hall–Kier alpha value is -2.04. The van der Waals surface area contributed by atoms with Crippen LogP contribution in [0.2, 0.25) is 0 Å². The fourth-order valence-corrected chi connectivity index (χ4v) is 2.78. The summed E-state index contributed by atoms with van der Waals surface area (Å²) in [6, 6.07) is 7.66. The SMILES string of the molecule is CCOC(=O)C1CCN(C(=O)[C@@H](C)Oc2ccccc2C)CC1. The number of likely N-dealkylation sites (tertiary alicyclic amines) is 1. The Bertz CT molecular complexity index is 550. The van der Waals surface area contributed by atoms with Gasteiger partial charge in [-0.3, -0.25) is 9.59 Å². The van der Waals surface area contributed by atoms with Crippen molar-refractivity contribution in [3.63, 3.8) is 0 Å². The minimum absolute atomic E-state index is 0.0319. The number of hydrogen-bond acceptors (Lipinski definition) is 4. The number of ether oxygens (including phenoxy) is 2. The molecule has 1 heterocycles. The van der Waals surface area contributed by atoms with Crippen molar-refractivity contribution >= 4 is 11.9 Å². The lowest BCUT2D eigenvalue weighted by atomic mass is 9.96. The fourth-order valence-electron chi connectivity index (χ4n) is 2.78. The summed E-state index contributed by atoms with van der Waals surface area (Å²) in [5.74, 6) is 0.459. The lowest BCUT2D eigenvalue weighted by molar-refractivity contribution is -0.152. The van der Waals surface area contributed by atoms with E-state index in [4.69, 9.17) is 9.47 Å². The van der Waals surface area contributed by atoms with Crippen LogP contribution in [-0.2, 0) is 14.3 Å². The molecule has 23 heavy (non-hydrogen) atoms. The molecule has 0 radical (unpaired) electrons. The van der Waals surface area contributed by atoms with E-state index >= 15 is 0 Å². The van der Waals surface area contributed by atoms with Gasteiger partial charge in [-0.15, -0.1) is 0 Å². The Balaban J connectivity index is 1.87. The predicted octanol–water partition coefficient (Wildman–Crippen LogP) is 2.56. The molecule has 0 N–H and O–H groups in total. The standard InChI is InChI=1S/C18H25NO4/c1-4-22-18(21)15-9-11-19(12-10-15)17(20)14(3)23-16-8-6-5-7-13(16)2/h5-8,14-15H,4,9-12H2,1-3H3/t14-/m1/s1. The van der Waals surface area contributed by atoms with Crippen LogP contribution in [0.5, 0.6) is 5.75 Å². The van der Waals surface area contributed by atoms with Gasteiger partial charge < -0.3 is 14.4 Å². The molecule has 1 saturated heterocycles. The third-order valence-electron chi connectivity index (χ3n) is 4.17. The number of para-hydroxylation sites is 1. The molecule has 0 bridgehead atoms. The normalized spacial score (nSPS) is 16.7. The van der Waals surface area contributed by atoms with E-state index in [1.807, 2.05) is 31.2 Å². The lowest BCUT2D eigenvalue weighted by Crippen LogP contribution is -2.46. The van der Waals surface area contributed by atoms with Crippen LogP contribution < -0.4 is 4.74 Å². The Morgan fingerprint density at radius 1 is 1.26 bits per heavy atom. The maximum atomic E-state index is 12.5. The van der Waals surface area contributed by atoms with Crippen molar-refractivity contribution in [3.05, 3.63) is 29.8 Å². The van der Waals surface area contributed by atoms with Gasteiger partial charge in [0, 0.05) is 13.1 Å². The summed E-state index contributed by atoms with van der Waals surface area (Å²) < 4.78 is 10.8. The molecule has 1 fully saturated rings. The van der Waals surface area contributed by atoms with Crippen molar-refractivity contribution in [2.24, 2.45) is 5.92 Å². The smallest absolute Gasteiger partial charge is 0.309 e. The summed E-state index contributed by atoms with van der Waals surface area (Å²) in [5.41, 5.74) is 1.01. The number of carbonyl (C=O) groups is 2. The highest BCUT2D eigenvalue weighted by molar-refractivity contribution is 5.81. The molecule has 126 valence electrons. The van der Waals surface area contributed by atoms with Crippen LogP contribution >= 0.6 is 0 Å². The highest BCUT2D eigenvalue weighted by Gasteiger charge is 2.30. The Morgan fingerprint density at radius 3 is 2.52 bits per heavy atom. The number of esters is 1. The number of carbonyl (C=O) groups excluding carboxylic acids is 2. The predicted molar refractivity (Wildman–Crippen MR) is 87.2 cm³/mol. The molecular formula is C18H25NO4. The van der Waals surface area contributed by atoms with Crippen LogP contribution in [0.1, 0.15) is 32.3 Å². The first-order chi connectivity index (χ1) is 11.0. The van der Waals surface area contributed by atoms with Gasteiger partial charge in [-0.25, -0.2) is 0 Å². The molecule has 0 unspecified atom stereocenters. The van der Waals surface area contributed by atoms with E-state index in [-0.39, 0.29) is 17.8 Å². The van der Waals surface area contributed by atoms with Gasteiger partial charge in [-0.2, -0.15) is 0 Å². The monoisotopic (exact) mass is 319 g/mol. The van der Waals surface area contributed by atoms with E-state index in [1.54, 1.807) is 18.7 Å². The molecular weight excluding hydrogens is 294 g/mol. The quantitative estimate of drug-likeness (QED) is 0.783. The molecule has 0 spiro atoms. The molecule has 0 saturated carbocycles. The zero-order chi connectivity index (χ0) is 16.8. The molecule has 5 heteroatoms. The van der Waals surface area contributed by atoms with Crippen LogP contribution in [0.3, 0.4) is 0 Å². The average Bonchev–Trinajstić information content (AvgIpc) is 2.56. The summed E-state index contributed by atoms with van der Waals surface area (Å²) in [6.07, 6.45) is 0.777. The molecule has 0 aliphatic carbocycles. The number of nitrogens with zero attached hydrogens (tertiary/aromatic N) is 1. The summed E-state index contributed by atoms with van der Waals surface area (Å²) in [7, 11) is 0. The minimum atomic E-state index is -0.532. The van der Waals surface area contributed by atoms with Crippen LogP contribution in [0.25, 0.3) is 0 Å². The van der Waals surface area contributed by atoms with Gasteiger partial charge in [0.05, 0.1) is 12.5 Å². The topological polar surface area (TPSA) is 55.8 Å². The van der Waals surface area contributed by atoms with E-state index in [0.717, 1.165) is 11.3 Å². The second-order valence-electron chi connectivity index (χ2n) is 5.88. The number of piperidine rings is 1. The first-order valence-electron chi connectivity index (χ1n) is 8.20. The van der Waals surface area contributed by atoms with Gasteiger partial charge in [-0.1, -0.05) is 18.2 Å². The fraction of sp³-hybridized carbons (Fsp3) is 0.556. The van der Waals surface area contributed by atoms with Crippen LogP contribution in [0, 0.1) is 12.8 Å². The molecule has 1 aliphatic rings. The highest BCUT2D eigenvalue weighted by atomic mass is 16.5. The second kappa shape index (κ2) is 7.99. The van der Waals surface area contributed by atoms with E-state index in [0.29, 0.717) is 32.5 Å². The van der Waals surface area contributed by atoms with Gasteiger partial charge in [0.15, 0.2) is 6.10 Å². The van der Waals surface area contributed by atoms with Crippen LogP contribution in [0.4, 0.5) is 0 Å². The summed E-state index contributed by atoms with van der Waals surface area (Å²) >= 11 is 0. The van der Waals surface area contributed by atoms with Gasteiger partial charge in [-0.05, 0) is 45.2 Å². The van der Waals surface area contributed by atoms with E-state index < -0.39 is 6.10 Å². The summed E-state index contributed by atoms with van der Waals surface area (Å²) in [4.78, 5) is 26.0. The molecule has 1 aromatic carbocycles. The maximum absolute atomic E-state index is 12.5. The third-order valence-corrected chi connectivity index (χ3v) is 4.17. The molecule has 1 atom stereocenters. The van der Waals surface area contributed by atoms with Crippen molar-refractivity contribution in [3.8, 4) is 5.75 Å². The number of amides is 1. The van der Waals surface area contributed by atoms with Crippen molar-refractivity contribution in [2.45, 2.75) is 39.7 Å². The number of aryl methyl sites for hydroxylation is 1. The molecule has 0 aromatic heterocycles. The Kier molecular flexibility index (Phi) is 6.02. The number of hydrogen-bond donors (Lipinski definition) is 0.